The van der Waals surface area contributed by atoms with Crippen molar-refractivity contribution in [2.24, 2.45) is 5.41 Å². The Morgan fingerprint density at radius 3 is 2.53 bits per heavy atom. The van der Waals surface area contributed by atoms with E-state index >= 15 is 0 Å². The molecule has 19 heavy (non-hydrogen) atoms. The predicted octanol–water partition coefficient (Wildman–Crippen LogP) is 4.10. The number of aromatic nitrogens is 1. The summed E-state index contributed by atoms with van der Waals surface area (Å²) in [6, 6.07) is 7.76. The molecule has 0 saturated carbocycles. The molecule has 1 N–H and O–H groups in total. The molecule has 0 bridgehead atoms. The van der Waals surface area contributed by atoms with Gasteiger partial charge < -0.3 is 5.32 Å². The van der Waals surface area contributed by atoms with E-state index in [1.165, 1.54) is 0 Å². The Morgan fingerprint density at radius 1 is 1.26 bits per heavy atom. The third kappa shape index (κ3) is 3.20. The molecule has 1 aromatic carbocycles. The number of benzene rings is 1. The summed E-state index contributed by atoms with van der Waals surface area (Å²) in [5.41, 5.74) is 2.27. The molecule has 0 saturated heterocycles. The molecule has 0 aliphatic rings. The highest BCUT2D eigenvalue weighted by atomic mass is 32.1. The van der Waals surface area contributed by atoms with Crippen molar-refractivity contribution in [3.8, 4) is 11.3 Å². The molecule has 0 aliphatic heterocycles. The van der Waals surface area contributed by atoms with Crippen molar-refractivity contribution in [3.63, 3.8) is 0 Å². The molecule has 0 aliphatic carbocycles. The lowest BCUT2D eigenvalue weighted by Gasteiger charge is -2.19. The first-order valence-corrected chi connectivity index (χ1v) is 7.09. The number of amides is 1. The molecular weight excluding hydrogens is 256 g/mol. The summed E-state index contributed by atoms with van der Waals surface area (Å²) in [6.45, 7) is 7.68. The van der Waals surface area contributed by atoms with Gasteiger partial charge in [-0.25, -0.2) is 4.98 Å². The SMILES string of the molecule is Cc1nc(-c2ccccc2NC(=O)C(C)(C)C)cs1. The number of hydrogen-bond donors (Lipinski definition) is 1. The Labute approximate surface area is 117 Å². The van der Waals surface area contributed by atoms with Crippen LogP contribution in [-0.2, 0) is 4.79 Å². The summed E-state index contributed by atoms with van der Waals surface area (Å²) in [5, 5.41) is 6.02. The fraction of sp³-hybridized carbons (Fsp3) is 0.333. The van der Waals surface area contributed by atoms with Crippen molar-refractivity contribution < 1.29 is 4.79 Å². The maximum Gasteiger partial charge on any atom is 0.229 e. The van der Waals surface area contributed by atoms with Crippen LogP contribution in [-0.4, -0.2) is 10.9 Å². The van der Waals surface area contributed by atoms with Gasteiger partial charge in [0, 0.05) is 16.4 Å². The second-order valence-electron chi connectivity index (χ2n) is 5.50. The van der Waals surface area contributed by atoms with Gasteiger partial charge in [0.1, 0.15) is 0 Å². The van der Waals surface area contributed by atoms with E-state index in [1.54, 1.807) is 11.3 Å². The van der Waals surface area contributed by atoms with Crippen LogP contribution in [0.4, 0.5) is 5.69 Å². The van der Waals surface area contributed by atoms with E-state index in [4.69, 9.17) is 0 Å². The average Bonchev–Trinajstić information content (AvgIpc) is 2.75. The van der Waals surface area contributed by atoms with Gasteiger partial charge in [-0.2, -0.15) is 0 Å². The quantitative estimate of drug-likeness (QED) is 0.895. The second kappa shape index (κ2) is 5.13. The van der Waals surface area contributed by atoms with Crippen LogP contribution in [0.1, 0.15) is 25.8 Å². The third-order valence-corrected chi connectivity index (χ3v) is 3.52. The van der Waals surface area contributed by atoms with Crippen LogP contribution in [0.5, 0.6) is 0 Å². The fourth-order valence-electron chi connectivity index (χ4n) is 1.61. The van der Waals surface area contributed by atoms with Crippen LogP contribution < -0.4 is 5.32 Å². The van der Waals surface area contributed by atoms with Gasteiger partial charge in [0.2, 0.25) is 5.91 Å². The zero-order chi connectivity index (χ0) is 14.0. The fourth-order valence-corrected chi connectivity index (χ4v) is 2.23. The predicted molar refractivity (Wildman–Crippen MR) is 80.4 cm³/mol. The Balaban J connectivity index is 2.35. The molecule has 0 atom stereocenters. The number of rotatable bonds is 2. The van der Waals surface area contributed by atoms with Crippen molar-refractivity contribution in [1.82, 2.24) is 4.98 Å². The summed E-state index contributed by atoms with van der Waals surface area (Å²) >= 11 is 1.61. The lowest BCUT2D eigenvalue weighted by atomic mass is 9.95. The number of para-hydroxylation sites is 1. The van der Waals surface area contributed by atoms with Gasteiger partial charge in [-0.3, -0.25) is 4.79 Å². The summed E-state index contributed by atoms with van der Waals surface area (Å²) in [7, 11) is 0. The molecule has 2 rings (SSSR count). The number of carbonyl (C=O) groups excluding carboxylic acids is 1. The van der Waals surface area contributed by atoms with Crippen LogP contribution in [0, 0.1) is 12.3 Å². The highest BCUT2D eigenvalue weighted by Crippen LogP contribution is 2.29. The van der Waals surface area contributed by atoms with E-state index in [0.717, 1.165) is 22.0 Å². The van der Waals surface area contributed by atoms with Crippen molar-refractivity contribution >= 4 is 22.9 Å². The van der Waals surface area contributed by atoms with Gasteiger partial charge in [0.15, 0.2) is 0 Å². The Kier molecular flexibility index (Phi) is 3.71. The number of aryl methyl sites for hydroxylation is 1. The van der Waals surface area contributed by atoms with Crippen molar-refractivity contribution in [1.29, 1.82) is 0 Å². The molecule has 0 fully saturated rings. The van der Waals surface area contributed by atoms with E-state index in [9.17, 15) is 4.79 Å². The molecule has 100 valence electrons. The number of nitrogens with zero attached hydrogens (tertiary/aromatic N) is 1. The maximum absolute atomic E-state index is 12.1. The summed E-state index contributed by atoms with van der Waals surface area (Å²) < 4.78 is 0. The molecule has 0 spiro atoms. The van der Waals surface area contributed by atoms with Crippen LogP contribution in [0.15, 0.2) is 29.6 Å². The molecule has 3 nitrogen and oxygen atoms in total. The molecule has 1 aromatic heterocycles. The van der Waals surface area contributed by atoms with E-state index < -0.39 is 5.41 Å². The van der Waals surface area contributed by atoms with E-state index in [-0.39, 0.29) is 5.91 Å². The first kappa shape index (κ1) is 13.7. The number of nitrogens with one attached hydrogen (secondary N) is 1. The van der Waals surface area contributed by atoms with Crippen LogP contribution in [0.3, 0.4) is 0 Å². The summed E-state index contributed by atoms with van der Waals surface area (Å²) in [6.07, 6.45) is 0. The summed E-state index contributed by atoms with van der Waals surface area (Å²) in [4.78, 5) is 16.6. The van der Waals surface area contributed by atoms with Crippen molar-refractivity contribution in [2.45, 2.75) is 27.7 Å². The lowest BCUT2D eigenvalue weighted by Crippen LogP contribution is -2.27. The largest absolute Gasteiger partial charge is 0.325 e. The topological polar surface area (TPSA) is 42.0 Å². The zero-order valence-electron chi connectivity index (χ0n) is 11.7. The van der Waals surface area contributed by atoms with Crippen molar-refractivity contribution in [2.75, 3.05) is 5.32 Å². The number of carbonyl (C=O) groups is 1. The number of thiazole rings is 1. The van der Waals surface area contributed by atoms with Gasteiger partial charge >= 0.3 is 0 Å². The molecule has 2 aromatic rings. The van der Waals surface area contributed by atoms with Crippen molar-refractivity contribution in [3.05, 3.63) is 34.7 Å². The standard InChI is InChI=1S/C15H18N2OS/c1-10-16-13(9-19-10)11-7-5-6-8-12(11)17-14(18)15(2,3)4/h5-9H,1-4H3,(H,17,18). The minimum absolute atomic E-state index is 0.00639. The molecule has 0 radical (unpaired) electrons. The highest BCUT2D eigenvalue weighted by Gasteiger charge is 2.22. The Bertz CT molecular complexity index is 596. The molecule has 1 amide bonds. The molecule has 4 heteroatoms. The second-order valence-corrected chi connectivity index (χ2v) is 6.56. The third-order valence-electron chi connectivity index (χ3n) is 2.75. The minimum Gasteiger partial charge on any atom is -0.325 e. The van der Waals surface area contributed by atoms with E-state index in [2.05, 4.69) is 10.3 Å². The van der Waals surface area contributed by atoms with Gasteiger partial charge in [-0.1, -0.05) is 39.0 Å². The maximum atomic E-state index is 12.1. The minimum atomic E-state index is -0.412. The van der Waals surface area contributed by atoms with Crippen LogP contribution in [0.2, 0.25) is 0 Å². The van der Waals surface area contributed by atoms with Gasteiger partial charge in [-0.05, 0) is 13.0 Å². The van der Waals surface area contributed by atoms with E-state index in [0.29, 0.717) is 0 Å². The first-order chi connectivity index (χ1) is 8.88. The zero-order valence-corrected chi connectivity index (χ0v) is 12.5. The summed E-state index contributed by atoms with van der Waals surface area (Å²) in [5.74, 6) is 0.00639. The van der Waals surface area contributed by atoms with Gasteiger partial charge in [0.25, 0.3) is 0 Å². The van der Waals surface area contributed by atoms with Gasteiger partial charge in [-0.15, -0.1) is 11.3 Å². The molecule has 0 unspecified atom stereocenters. The lowest BCUT2D eigenvalue weighted by molar-refractivity contribution is -0.123. The first-order valence-electron chi connectivity index (χ1n) is 6.21. The Hall–Kier alpha value is -1.68. The Morgan fingerprint density at radius 2 is 1.95 bits per heavy atom. The monoisotopic (exact) mass is 274 g/mol. The number of hydrogen-bond acceptors (Lipinski definition) is 3. The average molecular weight is 274 g/mol. The van der Waals surface area contributed by atoms with Gasteiger partial charge in [0.05, 0.1) is 16.4 Å². The van der Waals surface area contributed by atoms with Crippen LogP contribution in [0.25, 0.3) is 11.3 Å². The smallest absolute Gasteiger partial charge is 0.229 e. The highest BCUT2D eigenvalue weighted by molar-refractivity contribution is 7.09. The molecule has 1 heterocycles. The number of anilines is 1. The van der Waals surface area contributed by atoms with E-state index in [1.807, 2.05) is 57.3 Å². The normalized spacial score (nSPS) is 11.4. The molecular formula is C15H18N2OS. The van der Waals surface area contributed by atoms with Crippen LogP contribution >= 0.6 is 11.3 Å².